The van der Waals surface area contributed by atoms with E-state index in [0.29, 0.717) is 30.6 Å². The van der Waals surface area contributed by atoms with Gasteiger partial charge in [-0.2, -0.15) is 0 Å². The smallest absolute Gasteiger partial charge is 0.241 e. The van der Waals surface area contributed by atoms with Crippen molar-refractivity contribution in [1.29, 1.82) is 0 Å². The molecule has 6 heteroatoms. The van der Waals surface area contributed by atoms with Gasteiger partial charge in [-0.3, -0.25) is 0 Å². The molecule has 0 saturated heterocycles. The Morgan fingerprint density at radius 3 is 2.12 bits per heavy atom. The average Bonchev–Trinajstić information content (AvgIpc) is 2.61. The van der Waals surface area contributed by atoms with Gasteiger partial charge in [0.1, 0.15) is 13.2 Å². The van der Waals surface area contributed by atoms with Crippen LogP contribution < -0.4 is 14.2 Å². The van der Waals surface area contributed by atoms with E-state index in [4.69, 9.17) is 9.47 Å². The molecule has 0 aromatic heterocycles. The Hall–Kier alpha value is -2.05. The zero-order chi connectivity index (χ0) is 18.0. The highest BCUT2D eigenvalue weighted by atomic mass is 32.2. The van der Waals surface area contributed by atoms with Crippen molar-refractivity contribution in [2.24, 2.45) is 0 Å². The Labute approximate surface area is 149 Å². The minimum atomic E-state index is -3.65. The van der Waals surface area contributed by atoms with E-state index in [1.54, 1.807) is 6.07 Å². The second kappa shape index (κ2) is 7.06. The lowest BCUT2D eigenvalue weighted by molar-refractivity contribution is 0.171. The van der Waals surface area contributed by atoms with Crippen LogP contribution in [0.1, 0.15) is 43.9 Å². The Morgan fingerprint density at radius 1 is 0.880 bits per heavy atom. The number of rotatable bonds is 5. The van der Waals surface area contributed by atoms with Crippen LogP contribution >= 0.6 is 0 Å². The van der Waals surface area contributed by atoms with Crippen LogP contribution in [0.25, 0.3) is 0 Å². The van der Waals surface area contributed by atoms with Crippen LogP contribution in [0.2, 0.25) is 0 Å². The molecule has 1 N–H and O–H groups in total. The molecule has 3 rings (SSSR count). The molecule has 25 heavy (non-hydrogen) atoms. The first-order chi connectivity index (χ1) is 11.9. The normalized spacial score (nSPS) is 15.2. The molecule has 1 aliphatic rings. The molecule has 2 aromatic rings. The summed E-state index contributed by atoms with van der Waals surface area (Å²) in [4.78, 5) is 0.169. The first-order valence-corrected chi connectivity index (χ1v) is 9.87. The van der Waals surface area contributed by atoms with Gasteiger partial charge in [0.25, 0.3) is 0 Å². The summed E-state index contributed by atoms with van der Waals surface area (Å²) >= 11 is 0. The number of benzene rings is 2. The monoisotopic (exact) mass is 361 g/mol. The van der Waals surface area contributed by atoms with Crippen LogP contribution in [0.5, 0.6) is 11.5 Å². The lowest BCUT2D eigenvalue weighted by atomic mass is 10.00. The molecule has 0 aliphatic carbocycles. The molecule has 0 bridgehead atoms. The summed E-state index contributed by atoms with van der Waals surface area (Å²) in [5, 5.41) is 0. The molecule has 134 valence electrons. The fraction of sp³-hybridized carbons (Fsp3) is 0.368. The molecule has 0 saturated carbocycles. The van der Waals surface area contributed by atoms with E-state index in [-0.39, 0.29) is 10.9 Å². The van der Waals surface area contributed by atoms with Crippen LogP contribution in [0.15, 0.2) is 47.4 Å². The van der Waals surface area contributed by atoms with Gasteiger partial charge < -0.3 is 9.47 Å². The quantitative estimate of drug-likeness (QED) is 0.883. The van der Waals surface area contributed by atoms with Crippen molar-refractivity contribution in [2.75, 3.05) is 13.2 Å². The van der Waals surface area contributed by atoms with Gasteiger partial charge in [-0.1, -0.05) is 38.1 Å². The molecular weight excluding hydrogens is 338 g/mol. The summed E-state index contributed by atoms with van der Waals surface area (Å²) in [5.41, 5.74) is 2.15. The topological polar surface area (TPSA) is 64.6 Å². The highest BCUT2D eigenvalue weighted by Gasteiger charge is 2.21. The van der Waals surface area contributed by atoms with Gasteiger partial charge in [-0.15, -0.1) is 0 Å². The first kappa shape index (κ1) is 17.8. The van der Waals surface area contributed by atoms with Crippen molar-refractivity contribution in [3.8, 4) is 11.5 Å². The van der Waals surface area contributed by atoms with Crippen LogP contribution in [-0.2, 0) is 10.0 Å². The Balaban J connectivity index is 1.78. The molecule has 1 heterocycles. The lowest BCUT2D eigenvalue weighted by Crippen LogP contribution is -2.27. The zero-order valence-corrected chi connectivity index (χ0v) is 15.5. The Morgan fingerprint density at radius 2 is 1.48 bits per heavy atom. The van der Waals surface area contributed by atoms with Gasteiger partial charge >= 0.3 is 0 Å². The summed E-state index contributed by atoms with van der Waals surface area (Å²) in [6, 6.07) is 12.3. The number of nitrogens with one attached hydrogen (secondary N) is 1. The van der Waals surface area contributed by atoms with Crippen molar-refractivity contribution in [2.45, 2.75) is 37.6 Å². The third-order valence-electron chi connectivity index (χ3n) is 4.26. The molecule has 0 spiro atoms. The number of sulfonamides is 1. The van der Waals surface area contributed by atoms with Crippen LogP contribution in [0.3, 0.4) is 0 Å². The zero-order valence-electron chi connectivity index (χ0n) is 14.7. The summed E-state index contributed by atoms with van der Waals surface area (Å²) in [5.74, 6) is 1.48. The third kappa shape index (κ3) is 3.96. The molecule has 2 aromatic carbocycles. The van der Waals surface area contributed by atoms with Crippen LogP contribution in [0, 0.1) is 0 Å². The van der Waals surface area contributed by atoms with E-state index in [2.05, 4.69) is 18.6 Å². The van der Waals surface area contributed by atoms with Gasteiger partial charge in [-0.05, 0) is 36.1 Å². The molecule has 0 radical (unpaired) electrons. The van der Waals surface area contributed by atoms with Crippen molar-refractivity contribution in [3.63, 3.8) is 0 Å². The summed E-state index contributed by atoms with van der Waals surface area (Å²) in [7, 11) is -3.65. The lowest BCUT2D eigenvalue weighted by Gasteiger charge is -2.20. The summed E-state index contributed by atoms with van der Waals surface area (Å²) in [6.07, 6.45) is 0. The number of fused-ring (bicyclic) bond motifs is 1. The fourth-order valence-electron chi connectivity index (χ4n) is 2.73. The predicted octanol–water partition coefficient (Wildman–Crippen LogP) is 3.62. The number of hydrogen-bond donors (Lipinski definition) is 1. The van der Waals surface area contributed by atoms with Gasteiger partial charge in [0.05, 0.1) is 4.90 Å². The average molecular weight is 361 g/mol. The van der Waals surface area contributed by atoms with E-state index >= 15 is 0 Å². The number of hydrogen-bond acceptors (Lipinski definition) is 4. The standard InChI is InChI=1S/C19H23NO4S/c1-13(2)15-4-6-16(7-5-15)14(3)20-25(21,22)17-8-9-18-19(12-17)24-11-10-23-18/h4-9,12-14,20H,10-11H2,1-3H3/t14-/m1/s1. The molecule has 0 fully saturated rings. The molecule has 0 unspecified atom stereocenters. The largest absolute Gasteiger partial charge is 0.486 e. The van der Waals surface area contributed by atoms with E-state index < -0.39 is 10.0 Å². The molecule has 5 nitrogen and oxygen atoms in total. The van der Waals surface area contributed by atoms with Gasteiger partial charge in [0, 0.05) is 12.1 Å². The van der Waals surface area contributed by atoms with E-state index in [9.17, 15) is 8.42 Å². The predicted molar refractivity (Wildman–Crippen MR) is 96.7 cm³/mol. The number of ether oxygens (including phenoxy) is 2. The fourth-order valence-corrected chi connectivity index (χ4v) is 3.98. The van der Waals surface area contributed by atoms with Gasteiger partial charge in [-0.25, -0.2) is 13.1 Å². The molecule has 0 amide bonds. The highest BCUT2D eigenvalue weighted by Crippen LogP contribution is 2.32. The van der Waals surface area contributed by atoms with Crippen LogP contribution in [-0.4, -0.2) is 21.6 Å². The molecule has 1 aliphatic heterocycles. The maximum atomic E-state index is 12.7. The van der Waals surface area contributed by atoms with Crippen molar-refractivity contribution in [3.05, 3.63) is 53.6 Å². The maximum absolute atomic E-state index is 12.7. The highest BCUT2D eigenvalue weighted by molar-refractivity contribution is 7.89. The summed E-state index contributed by atoms with van der Waals surface area (Å²) < 4.78 is 39.0. The minimum absolute atomic E-state index is 0.169. The van der Waals surface area contributed by atoms with Crippen molar-refractivity contribution in [1.82, 2.24) is 4.72 Å². The van der Waals surface area contributed by atoms with Crippen molar-refractivity contribution >= 4 is 10.0 Å². The summed E-state index contributed by atoms with van der Waals surface area (Å²) in [6.45, 7) is 6.98. The second-order valence-corrected chi connectivity index (χ2v) is 8.18. The molecule has 1 atom stereocenters. The maximum Gasteiger partial charge on any atom is 0.241 e. The Kier molecular flexibility index (Phi) is 5.01. The Bertz CT molecular complexity index is 844. The minimum Gasteiger partial charge on any atom is -0.486 e. The van der Waals surface area contributed by atoms with Gasteiger partial charge in [0.15, 0.2) is 11.5 Å². The van der Waals surface area contributed by atoms with E-state index in [1.165, 1.54) is 17.7 Å². The van der Waals surface area contributed by atoms with Crippen LogP contribution in [0.4, 0.5) is 0 Å². The third-order valence-corrected chi connectivity index (χ3v) is 5.80. The molecular formula is C19H23NO4S. The van der Waals surface area contributed by atoms with Gasteiger partial charge in [0.2, 0.25) is 10.0 Å². The first-order valence-electron chi connectivity index (χ1n) is 8.38. The van der Waals surface area contributed by atoms with E-state index in [0.717, 1.165) is 5.56 Å². The van der Waals surface area contributed by atoms with E-state index in [1.807, 2.05) is 31.2 Å². The second-order valence-electron chi connectivity index (χ2n) is 6.47. The SMILES string of the molecule is CC(C)c1ccc([C@@H](C)NS(=O)(=O)c2ccc3c(c2)OCCO3)cc1. The van der Waals surface area contributed by atoms with Crippen molar-refractivity contribution < 1.29 is 17.9 Å².